The summed E-state index contributed by atoms with van der Waals surface area (Å²) in [5.74, 6) is 1.31. The predicted molar refractivity (Wildman–Crippen MR) is 99.2 cm³/mol. The van der Waals surface area contributed by atoms with Crippen LogP contribution in [-0.4, -0.2) is 39.3 Å². The minimum atomic E-state index is -1.01. The zero-order valence-corrected chi connectivity index (χ0v) is 14.8. The monoisotopic (exact) mass is 354 g/mol. The van der Waals surface area contributed by atoms with Gasteiger partial charge in [0.05, 0.1) is 6.04 Å². The van der Waals surface area contributed by atoms with E-state index in [4.69, 9.17) is 5.11 Å². The van der Waals surface area contributed by atoms with Gasteiger partial charge in [0.15, 0.2) is 0 Å². The van der Waals surface area contributed by atoms with Gasteiger partial charge in [0.1, 0.15) is 23.4 Å². The molecule has 1 amide bonds. The lowest BCUT2D eigenvalue weighted by Gasteiger charge is -2.21. The normalized spacial score (nSPS) is 19.3. The van der Waals surface area contributed by atoms with E-state index < -0.39 is 6.09 Å². The molecule has 0 spiro atoms. The lowest BCUT2D eigenvalue weighted by Crippen LogP contribution is -2.42. The van der Waals surface area contributed by atoms with Crippen LogP contribution in [0.15, 0.2) is 18.3 Å². The molecule has 1 aliphatic rings. The second-order valence-corrected chi connectivity index (χ2v) is 6.80. The maximum Gasteiger partial charge on any atom is 0.404 e. The zero-order valence-electron chi connectivity index (χ0n) is 14.8. The first-order valence-corrected chi connectivity index (χ1v) is 8.69. The molecule has 136 valence electrons. The predicted octanol–water partition coefficient (Wildman–Crippen LogP) is 2.92. The molecule has 2 atom stereocenters. The summed E-state index contributed by atoms with van der Waals surface area (Å²) in [5.41, 5.74) is 0.338. The van der Waals surface area contributed by atoms with Gasteiger partial charge in [-0.2, -0.15) is 5.26 Å². The van der Waals surface area contributed by atoms with Crippen molar-refractivity contribution < 1.29 is 9.90 Å². The second kappa shape index (κ2) is 7.44. The fourth-order valence-corrected chi connectivity index (χ4v) is 3.32. The molecule has 1 saturated carbocycles. The van der Waals surface area contributed by atoms with Crippen molar-refractivity contribution in [1.82, 2.24) is 15.3 Å². The van der Waals surface area contributed by atoms with Gasteiger partial charge in [-0.25, -0.2) is 14.8 Å². The lowest BCUT2D eigenvalue weighted by molar-refractivity contribution is 0.189. The third kappa shape index (κ3) is 3.94. The summed E-state index contributed by atoms with van der Waals surface area (Å²) in [7, 11) is 0. The average molecular weight is 354 g/mol. The largest absolute Gasteiger partial charge is 0.465 e. The Kier molecular flexibility index (Phi) is 5.07. The van der Waals surface area contributed by atoms with Gasteiger partial charge in [0.2, 0.25) is 0 Å². The number of carboxylic acid groups (broad SMARTS) is 1. The summed E-state index contributed by atoms with van der Waals surface area (Å²) in [6.07, 6.45) is 3.36. The van der Waals surface area contributed by atoms with Crippen LogP contribution in [0.1, 0.15) is 38.8 Å². The van der Waals surface area contributed by atoms with E-state index in [1.54, 1.807) is 12.3 Å². The molecule has 2 aromatic rings. The lowest BCUT2D eigenvalue weighted by atomic mass is 10.1. The van der Waals surface area contributed by atoms with Gasteiger partial charge in [-0.15, -0.1) is 0 Å². The molecular formula is C18H22N6O2. The molecule has 0 unspecified atom stereocenters. The van der Waals surface area contributed by atoms with Gasteiger partial charge in [0, 0.05) is 29.1 Å². The number of fused-ring (bicyclic) bond motifs is 1. The third-order valence-electron chi connectivity index (χ3n) is 4.41. The van der Waals surface area contributed by atoms with Gasteiger partial charge in [-0.3, -0.25) is 0 Å². The summed E-state index contributed by atoms with van der Waals surface area (Å²) < 4.78 is 0. The number of amides is 1. The van der Waals surface area contributed by atoms with Gasteiger partial charge in [-0.05, 0) is 45.2 Å². The number of carbonyl (C=O) groups is 1. The second-order valence-electron chi connectivity index (χ2n) is 6.80. The van der Waals surface area contributed by atoms with Crippen LogP contribution >= 0.6 is 0 Å². The third-order valence-corrected chi connectivity index (χ3v) is 4.41. The molecule has 8 heteroatoms. The molecule has 0 radical (unpaired) electrons. The Morgan fingerprint density at radius 3 is 2.81 bits per heavy atom. The highest BCUT2D eigenvalue weighted by molar-refractivity contribution is 5.93. The first-order chi connectivity index (χ1) is 12.5. The van der Waals surface area contributed by atoms with Crippen molar-refractivity contribution in [2.24, 2.45) is 0 Å². The first-order valence-electron chi connectivity index (χ1n) is 8.69. The van der Waals surface area contributed by atoms with Gasteiger partial charge in [0.25, 0.3) is 0 Å². The number of nitrogens with one attached hydrogen (secondary N) is 3. The van der Waals surface area contributed by atoms with Crippen LogP contribution < -0.4 is 16.0 Å². The van der Waals surface area contributed by atoms with Crippen LogP contribution in [0.4, 0.5) is 16.4 Å². The molecule has 0 bridgehead atoms. The van der Waals surface area contributed by atoms with Crippen molar-refractivity contribution in [3.63, 3.8) is 0 Å². The molecule has 0 saturated heterocycles. The fourth-order valence-electron chi connectivity index (χ4n) is 3.32. The van der Waals surface area contributed by atoms with Crippen molar-refractivity contribution in [3.05, 3.63) is 24.0 Å². The first kappa shape index (κ1) is 17.7. The van der Waals surface area contributed by atoms with Crippen LogP contribution in [0, 0.1) is 11.3 Å². The summed E-state index contributed by atoms with van der Waals surface area (Å²) in [6, 6.07) is 5.72. The number of anilines is 2. The number of aromatic nitrogens is 2. The molecule has 4 N–H and O–H groups in total. The molecule has 26 heavy (non-hydrogen) atoms. The Bertz CT molecular complexity index is 861. The number of rotatable bonds is 5. The maximum absolute atomic E-state index is 10.9. The van der Waals surface area contributed by atoms with Crippen LogP contribution in [0.2, 0.25) is 0 Å². The molecule has 8 nitrogen and oxygen atoms in total. The number of hydrogen-bond donors (Lipinski definition) is 4. The molecule has 2 heterocycles. The summed E-state index contributed by atoms with van der Waals surface area (Å²) in [6.45, 7) is 4.02. The Labute approximate surface area is 151 Å². The highest BCUT2D eigenvalue weighted by Crippen LogP contribution is 2.27. The van der Waals surface area contributed by atoms with E-state index in [2.05, 4.69) is 32.0 Å². The quantitative estimate of drug-likeness (QED) is 0.651. The van der Waals surface area contributed by atoms with Gasteiger partial charge < -0.3 is 21.1 Å². The Morgan fingerprint density at radius 2 is 2.12 bits per heavy atom. The standard InChI is InChI=1S/C18H22N6O2/c1-10(2)21-17-13-7-16(20-9-11(13)6-12(8-19)22-17)23-14-4-3-5-15(14)24-18(25)26/h6-7,9-10,14-15,24H,3-5H2,1-2H3,(H,20,23)(H,21,22)(H,25,26)/t14-,15+/m1/s1. The molecule has 1 aliphatic carbocycles. The van der Waals surface area contributed by atoms with Crippen molar-refractivity contribution in [3.8, 4) is 6.07 Å². The van der Waals surface area contributed by atoms with Crippen LogP contribution in [0.5, 0.6) is 0 Å². The minimum absolute atomic E-state index is 0.00361. The molecular weight excluding hydrogens is 332 g/mol. The highest BCUT2D eigenvalue weighted by Gasteiger charge is 2.28. The van der Waals surface area contributed by atoms with E-state index in [9.17, 15) is 10.1 Å². The number of pyridine rings is 2. The summed E-state index contributed by atoms with van der Waals surface area (Å²) in [5, 5.41) is 29.0. The fraction of sp³-hybridized carbons (Fsp3) is 0.444. The van der Waals surface area contributed by atoms with Crippen molar-refractivity contribution in [2.45, 2.75) is 51.2 Å². The number of nitrogens with zero attached hydrogens (tertiary/aromatic N) is 3. The van der Waals surface area contributed by atoms with Gasteiger partial charge in [-0.1, -0.05) is 0 Å². The van der Waals surface area contributed by atoms with E-state index in [1.807, 2.05) is 19.9 Å². The van der Waals surface area contributed by atoms with Crippen molar-refractivity contribution >= 4 is 28.5 Å². The Balaban J connectivity index is 1.90. The van der Waals surface area contributed by atoms with Gasteiger partial charge >= 0.3 is 6.09 Å². The van der Waals surface area contributed by atoms with E-state index in [0.717, 1.165) is 30.0 Å². The molecule has 2 aromatic heterocycles. The van der Waals surface area contributed by atoms with Crippen molar-refractivity contribution in [2.75, 3.05) is 10.6 Å². The average Bonchev–Trinajstić information content (AvgIpc) is 3.00. The van der Waals surface area contributed by atoms with E-state index in [-0.39, 0.29) is 18.1 Å². The van der Waals surface area contributed by atoms with Crippen molar-refractivity contribution in [1.29, 1.82) is 5.26 Å². The highest BCUT2D eigenvalue weighted by atomic mass is 16.4. The molecule has 1 fully saturated rings. The SMILES string of the molecule is CC(C)Nc1nc(C#N)cc2cnc(N[C@@H]3CCC[C@@H]3NC(=O)O)cc12. The molecule has 0 aromatic carbocycles. The number of hydrogen-bond acceptors (Lipinski definition) is 6. The van der Waals surface area contributed by atoms with E-state index >= 15 is 0 Å². The molecule has 3 rings (SSSR count). The topological polar surface area (TPSA) is 123 Å². The molecule has 0 aliphatic heterocycles. The zero-order chi connectivity index (χ0) is 18.7. The minimum Gasteiger partial charge on any atom is -0.465 e. The summed E-state index contributed by atoms with van der Waals surface area (Å²) in [4.78, 5) is 19.7. The van der Waals surface area contributed by atoms with Crippen LogP contribution in [0.25, 0.3) is 10.8 Å². The Morgan fingerprint density at radius 1 is 1.35 bits per heavy atom. The maximum atomic E-state index is 10.9. The van der Waals surface area contributed by atoms with Crippen LogP contribution in [-0.2, 0) is 0 Å². The van der Waals surface area contributed by atoms with Crippen LogP contribution in [0.3, 0.4) is 0 Å². The number of nitriles is 1. The smallest absolute Gasteiger partial charge is 0.404 e. The Hall–Kier alpha value is -3.08. The van der Waals surface area contributed by atoms with E-state index in [0.29, 0.717) is 17.3 Å². The van der Waals surface area contributed by atoms with E-state index in [1.165, 1.54) is 0 Å². The summed E-state index contributed by atoms with van der Waals surface area (Å²) >= 11 is 0.